The highest BCUT2D eigenvalue weighted by Gasteiger charge is 2.61. The molecule has 2 aliphatic heterocycles. The molecule has 5 amide bonds. The molecule has 14 heteroatoms. The summed E-state index contributed by atoms with van der Waals surface area (Å²) < 4.78 is 18.1. The van der Waals surface area contributed by atoms with Gasteiger partial charge >= 0.3 is 7.12 Å². The number of nitrogens with one attached hydrogen (secondary N) is 5. The Balaban J connectivity index is 0.931. The molecule has 5 N–H and O–H groups in total. The van der Waals surface area contributed by atoms with Crippen LogP contribution in [-0.4, -0.2) is 93.7 Å². The fourth-order valence-electron chi connectivity index (χ4n) is 8.12. The normalized spacial score (nSPS) is 26.7. The molecule has 54 heavy (non-hydrogen) atoms. The van der Waals surface area contributed by atoms with Crippen LogP contribution in [0.1, 0.15) is 81.6 Å². The molecule has 6 atom stereocenters. The van der Waals surface area contributed by atoms with Gasteiger partial charge in [-0.2, -0.15) is 0 Å². The maximum Gasteiger partial charge on any atom is 0.478 e. The van der Waals surface area contributed by atoms with Gasteiger partial charge in [0.1, 0.15) is 12.1 Å². The molecule has 290 valence electrons. The lowest BCUT2D eigenvalue weighted by atomic mass is 9.47. The monoisotopic (exact) mass is 743 g/mol. The molecule has 2 heterocycles. The highest BCUT2D eigenvalue weighted by Crippen LogP contribution is 2.61. The number of amides is 5. The van der Waals surface area contributed by atoms with E-state index in [-0.39, 0.29) is 49.7 Å². The van der Waals surface area contributed by atoms with E-state index >= 15 is 0 Å². The number of carbonyl (C=O) groups is 5. The van der Waals surface area contributed by atoms with E-state index in [1.807, 2.05) is 12.1 Å². The maximum absolute atomic E-state index is 13.2. The zero-order valence-corrected chi connectivity index (χ0v) is 31.6. The zero-order chi connectivity index (χ0) is 38.2. The Hall–Kier alpha value is -4.27. The van der Waals surface area contributed by atoms with Gasteiger partial charge in [-0.1, -0.05) is 63.6 Å². The number of benzene rings is 2. The van der Waals surface area contributed by atoms with Crippen LogP contribution in [0.3, 0.4) is 0 Å². The predicted molar refractivity (Wildman–Crippen MR) is 203 cm³/mol. The minimum Gasteiger partial charge on any atom is -0.405 e. The Bertz CT molecular complexity index is 1650. The van der Waals surface area contributed by atoms with E-state index in [1.165, 1.54) is 5.56 Å². The molecule has 13 nitrogen and oxygen atoms in total. The summed E-state index contributed by atoms with van der Waals surface area (Å²) in [4.78, 5) is 64.7. The molecule has 0 spiro atoms. The van der Waals surface area contributed by atoms with Gasteiger partial charge in [0.05, 0.1) is 38.3 Å². The number of hydrogen-bond acceptors (Lipinski definition) is 8. The van der Waals surface area contributed by atoms with Gasteiger partial charge in [0.2, 0.25) is 23.6 Å². The van der Waals surface area contributed by atoms with Crippen molar-refractivity contribution in [2.45, 2.75) is 96.4 Å². The first kappa shape index (κ1) is 39.4. The van der Waals surface area contributed by atoms with Crippen LogP contribution in [0, 0.1) is 17.3 Å². The van der Waals surface area contributed by atoms with Crippen molar-refractivity contribution in [3.05, 3.63) is 59.7 Å². The van der Waals surface area contributed by atoms with Crippen LogP contribution in [-0.2, 0) is 39.6 Å². The fourth-order valence-corrected chi connectivity index (χ4v) is 8.12. The van der Waals surface area contributed by atoms with Crippen molar-refractivity contribution in [3.63, 3.8) is 0 Å². The summed E-state index contributed by atoms with van der Waals surface area (Å²) in [5, 5.41) is 13.3. The Kier molecular flexibility index (Phi) is 13.1. The number of rotatable bonds is 11. The molecule has 0 aromatic heterocycles. The highest BCUT2D eigenvalue weighted by molar-refractivity contribution is 6.45. The summed E-state index contributed by atoms with van der Waals surface area (Å²) in [6.07, 6.45) is 7.27. The third-order valence-electron chi connectivity index (χ3n) is 11.6. The standard InChI is InChI=1S/C40H54BN5O8/c1-4-5-8-25-10-12-26(13-11-25)27-14-16-28(17-15-27)37(49)42-21-35(48)46-32-23-52-18-7-6-9-31(45-34(47)22-43-39(32)51)38(50)44-24-41-53-33-20-29-19-30(36(33)54-41)40(29,2)3/h10-17,29-33,36H,4-9,18-24H2,1-3H3,(H,42,49)(H,43,51)(H,44,50)(H,45,47)(H,46,48). The number of carbonyl (C=O) groups excluding carboxylic acids is 5. The molecule has 5 aliphatic rings. The van der Waals surface area contributed by atoms with Gasteiger partial charge in [-0.3, -0.25) is 24.0 Å². The van der Waals surface area contributed by atoms with Crippen LogP contribution < -0.4 is 26.6 Å². The third kappa shape index (κ3) is 9.69. The van der Waals surface area contributed by atoms with Crippen molar-refractivity contribution in [1.29, 1.82) is 0 Å². The molecular formula is C40H54BN5O8. The number of hydrogen-bond donors (Lipinski definition) is 5. The molecule has 2 bridgehead atoms. The van der Waals surface area contributed by atoms with Gasteiger partial charge in [-0.05, 0) is 91.0 Å². The average molecular weight is 744 g/mol. The first-order valence-corrected chi connectivity index (χ1v) is 19.5. The van der Waals surface area contributed by atoms with E-state index in [9.17, 15) is 24.0 Å². The molecule has 3 saturated carbocycles. The number of aryl methyl sites for hydroxylation is 1. The zero-order valence-electron chi connectivity index (χ0n) is 31.6. The second-order valence-corrected chi connectivity index (χ2v) is 15.6. The maximum atomic E-state index is 13.2. The van der Waals surface area contributed by atoms with Gasteiger partial charge in [0.25, 0.3) is 5.91 Å². The first-order valence-electron chi connectivity index (χ1n) is 19.5. The summed E-state index contributed by atoms with van der Waals surface area (Å²) in [5.41, 5.74) is 3.97. The minimum atomic E-state index is -1.10. The fraction of sp³-hybridized carbons (Fsp3) is 0.575. The summed E-state index contributed by atoms with van der Waals surface area (Å²) in [6.45, 7) is 6.14. The molecule has 6 unspecified atom stereocenters. The lowest BCUT2D eigenvalue weighted by molar-refractivity contribution is -0.150. The van der Waals surface area contributed by atoms with Crippen molar-refractivity contribution < 1.29 is 38.0 Å². The Morgan fingerprint density at radius 2 is 1.69 bits per heavy atom. The van der Waals surface area contributed by atoms with Crippen LogP contribution in [0.25, 0.3) is 11.1 Å². The topological polar surface area (TPSA) is 173 Å². The molecule has 2 saturated heterocycles. The van der Waals surface area contributed by atoms with Crippen LogP contribution in [0.2, 0.25) is 0 Å². The molecule has 7 rings (SSSR count). The number of ether oxygens (including phenoxy) is 1. The van der Waals surface area contributed by atoms with E-state index < -0.39 is 49.4 Å². The largest absolute Gasteiger partial charge is 0.478 e. The summed E-state index contributed by atoms with van der Waals surface area (Å²) in [7, 11) is -0.534. The van der Waals surface area contributed by atoms with Crippen molar-refractivity contribution >= 4 is 36.7 Å². The van der Waals surface area contributed by atoms with Crippen molar-refractivity contribution in [2.75, 3.05) is 32.7 Å². The molecule has 0 radical (unpaired) electrons. The Morgan fingerprint density at radius 3 is 2.41 bits per heavy atom. The second-order valence-electron chi connectivity index (χ2n) is 15.6. The van der Waals surface area contributed by atoms with Crippen LogP contribution >= 0.6 is 0 Å². The van der Waals surface area contributed by atoms with E-state index in [0.29, 0.717) is 36.7 Å². The van der Waals surface area contributed by atoms with E-state index in [0.717, 1.165) is 43.2 Å². The summed E-state index contributed by atoms with van der Waals surface area (Å²) in [6, 6.07) is 13.6. The van der Waals surface area contributed by atoms with Crippen LogP contribution in [0.15, 0.2) is 48.5 Å². The Morgan fingerprint density at radius 1 is 0.944 bits per heavy atom. The van der Waals surface area contributed by atoms with Crippen LogP contribution in [0.5, 0.6) is 0 Å². The number of unbranched alkanes of at least 4 members (excludes halogenated alkanes) is 1. The highest BCUT2D eigenvalue weighted by atomic mass is 16.7. The summed E-state index contributed by atoms with van der Waals surface area (Å²) in [5.74, 6) is -1.45. The van der Waals surface area contributed by atoms with Gasteiger partial charge in [0, 0.05) is 12.2 Å². The molecule has 2 aromatic rings. The molecule has 2 aromatic carbocycles. The van der Waals surface area contributed by atoms with Crippen molar-refractivity contribution in [2.24, 2.45) is 17.3 Å². The van der Waals surface area contributed by atoms with E-state index in [2.05, 4.69) is 71.6 Å². The van der Waals surface area contributed by atoms with Crippen LogP contribution in [0.4, 0.5) is 0 Å². The third-order valence-corrected chi connectivity index (χ3v) is 11.6. The van der Waals surface area contributed by atoms with E-state index in [1.54, 1.807) is 12.1 Å². The predicted octanol–water partition coefficient (Wildman–Crippen LogP) is 2.71. The average Bonchev–Trinajstić information content (AvgIpc) is 3.61. The lowest BCUT2D eigenvalue weighted by Crippen LogP contribution is -2.59. The second kappa shape index (κ2) is 17.9. The van der Waals surface area contributed by atoms with Gasteiger partial charge in [-0.15, -0.1) is 0 Å². The quantitative estimate of drug-likeness (QED) is 0.219. The molecule has 5 fully saturated rings. The SMILES string of the molecule is CCCCc1ccc(-c2ccc(C(=O)NCC(=O)NC3COCCCCC(C(=O)NCB4OC5CC6CC(C5O4)C6(C)C)NC(=O)CNC3=O)cc2)cc1. The Labute approximate surface area is 317 Å². The van der Waals surface area contributed by atoms with Crippen molar-refractivity contribution in [3.8, 4) is 11.1 Å². The first-order chi connectivity index (χ1) is 26.0. The lowest BCUT2D eigenvalue weighted by Gasteiger charge is -2.60. The summed E-state index contributed by atoms with van der Waals surface area (Å²) >= 11 is 0. The van der Waals surface area contributed by atoms with Gasteiger partial charge < -0.3 is 40.6 Å². The van der Waals surface area contributed by atoms with Gasteiger partial charge in [-0.25, -0.2) is 0 Å². The molecule has 3 aliphatic carbocycles. The minimum absolute atomic E-state index is 0.0420. The smallest absolute Gasteiger partial charge is 0.405 e. The van der Waals surface area contributed by atoms with Crippen molar-refractivity contribution in [1.82, 2.24) is 26.6 Å². The molecular weight excluding hydrogens is 689 g/mol. The van der Waals surface area contributed by atoms with Gasteiger partial charge in [0.15, 0.2) is 0 Å². The van der Waals surface area contributed by atoms with E-state index in [4.69, 9.17) is 14.0 Å².